The van der Waals surface area contributed by atoms with Gasteiger partial charge in [0.25, 0.3) is 0 Å². The molecule has 9 heteroatoms. The van der Waals surface area contributed by atoms with E-state index in [-0.39, 0.29) is 17.5 Å². The summed E-state index contributed by atoms with van der Waals surface area (Å²) in [6.45, 7) is 2.45. The van der Waals surface area contributed by atoms with Gasteiger partial charge in [0.2, 0.25) is 0 Å². The quantitative estimate of drug-likeness (QED) is 0.292. The van der Waals surface area contributed by atoms with Gasteiger partial charge in [-0.1, -0.05) is 11.6 Å². The van der Waals surface area contributed by atoms with Gasteiger partial charge in [-0.25, -0.2) is 8.78 Å². The van der Waals surface area contributed by atoms with Gasteiger partial charge in [0.05, 0.1) is 12.6 Å². The Morgan fingerprint density at radius 2 is 2.06 bits per heavy atom. The average molecular weight is 470 g/mol. The summed E-state index contributed by atoms with van der Waals surface area (Å²) in [5, 5.41) is 7.38. The summed E-state index contributed by atoms with van der Waals surface area (Å²) in [7, 11) is 1.82. The fourth-order valence-electron chi connectivity index (χ4n) is 3.46. The fraction of sp³-hybridized carbons (Fsp3) is 0.364. The molecule has 168 valence electrons. The molecule has 0 saturated carbocycles. The smallest absolute Gasteiger partial charge is 0.133 e. The number of hydrogen-bond acceptors (Lipinski definition) is 6. The summed E-state index contributed by atoms with van der Waals surface area (Å²) < 4.78 is 33.8. The van der Waals surface area contributed by atoms with Gasteiger partial charge in [-0.3, -0.25) is 5.01 Å². The number of fused-ring (bicyclic) bond motifs is 1. The van der Waals surface area contributed by atoms with Gasteiger partial charge in [0.15, 0.2) is 0 Å². The number of ether oxygens (including phenoxy) is 1. The van der Waals surface area contributed by atoms with Crippen molar-refractivity contribution in [2.24, 2.45) is 16.8 Å². The number of rotatable bonds is 5. The molecule has 2 aromatic carbocycles. The van der Waals surface area contributed by atoms with Gasteiger partial charge in [-0.2, -0.15) is 5.10 Å². The largest absolute Gasteiger partial charge is 0.493 e. The molecule has 2 unspecified atom stereocenters. The zero-order valence-electron chi connectivity index (χ0n) is 17.6. The molecule has 0 spiro atoms. The molecule has 0 aromatic heterocycles. The first-order valence-corrected chi connectivity index (χ1v) is 11.3. The second-order valence-electron chi connectivity index (χ2n) is 6.82. The van der Waals surface area contributed by atoms with Gasteiger partial charge >= 0.3 is 0 Å². The van der Waals surface area contributed by atoms with Crippen LogP contribution in [0, 0.1) is 17.6 Å². The molecule has 1 aliphatic heterocycles. The van der Waals surface area contributed by atoms with E-state index in [1.54, 1.807) is 17.3 Å². The van der Waals surface area contributed by atoms with Crippen LogP contribution in [0.3, 0.4) is 0 Å². The van der Waals surface area contributed by atoms with Crippen molar-refractivity contribution in [3.8, 4) is 5.75 Å². The van der Waals surface area contributed by atoms with E-state index >= 15 is 0 Å². The molecule has 0 amide bonds. The van der Waals surface area contributed by atoms with Crippen molar-refractivity contribution in [3.05, 3.63) is 64.2 Å². The lowest BCUT2D eigenvalue weighted by Gasteiger charge is -2.38. The topological polar surface area (TPSA) is 67.9 Å². The minimum Gasteiger partial charge on any atom is -0.493 e. The van der Waals surface area contributed by atoms with Crippen LogP contribution in [-0.4, -0.2) is 42.8 Å². The van der Waals surface area contributed by atoms with E-state index in [2.05, 4.69) is 5.10 Å². The van der Waals surface area contributed by atoms with Crippen LogP contribution in [0.5, 0.6) is 5.75 Å². The van der Waals surface area contributed by atoms with Crippen LogP contribution in [0.2, 0.25) is 5.02 Å². The lowest BCUT2D eigenvalue weighted by Crippen LogP contribution is -2.36. The van der Waals surface area contributed by atoms with Gasteiger partial charge in [0, 0.05) is 29.1 Å². The molecule has 1 aliphatic rings. The highest BCUT2D eigenvalue weighted by Crippen LogP contribution is 2.41. The molecular weight excluding hydrogens is 444 g/mol. The third kappa shape index (κ3) is 6.41. The maximum Gasteiger partial charge on any atom is 0.133 e. The molecule has 0 radical (unpaired) electrons. The number of hydrogen-bond donors (Lipinski definition) is 1. The average Bonchev–Trinajstić information content (AvgIpc) is 2.74. The fourth-order valence-corrected chi connectivity index (χ4v) is 4.22. The predicted octanol–water partition coefficient (Wildman–Crippen LogP) is 4.88. The number of carbonyl (C=O) groups excluding carboxylic acids is 1. The highest BCUT2D eigenvalue weighted by molar-refractivity contribution is 8.13. The summed E-state index contributed by atoms with van der Waals surface area (Å²) in [5.74, 6) is -0.195. The van der Waals surface area contributed by atoms with Gasteiger partial charge in [0.1, 0.15) is 28.7 Å². The molecule has 0 saturated heterocycles. The Morgan fingerprint density at radius 1 is 1.35 bits per heavy atom. The molecule has 0 aliphatic carbocycles. The molecule has 1 heterocycles. The van der Waals surface area contributed by atoms with E-state index in [0.717, 1.165) is 42.2 Å². The van der Waals surface area contributed by atoms with Crippen LogP contribution < -0.4 is 10.5 Å². The SMILES string of the molecule is CC=O.CS/C(=N\N(C)C1c2cc(Cl)ccc2OCC1CCN)c1cc(F)ccc1F. The molecule has 0 fully saturated rings. The number of halogens is 3. The maximum atomic E-state index is 14.3. The van der Waals surface area contributed by atoms with Crippen molar-refractivity contribution in [3.63, 3.8) is 0 Å². The van der Waals surface area contributed by atoms with Gasteiger partial charge in [-0.15, -0.1) is 11.8 Å². The highest BCUT2D eigenvalue weighted by Gasteiger charge is 2.34. The van der Waals surface area contributed by atoms with Crippen LogP contribution in [0.15, 0.2) is 41.5 Å². The van der Waals surface area contributed by atoms with E-state index in [0.29, 0.717) is 23.2 Å². The van der Waals surface area contributed by atoms with Crippen molar-refractivity contribution < 1.29 is 18.3 Å². The Labute approximate surface area is 190 Å². The van der Waals surface area contributed by atoms with Crippen LogP contribution in [0.1, 0.15) is 30.5 Å². The number of aldehydes is 1. The second kappa shape index (κ2) is 12.0. The third-order valence-electron chi connectivity index (χ3n) is 4.73. The summed E-state index contributed by atoms with van der Waals surface area (Å²) in [4.78, 5) is 8.81. The first kappa shape index (κ1) is 25.1. The maximum absolute atomic E-state index is 14.3. The predicted molar refractivity (Wildman–Crippen MR) is 123 cm³/mol. The third-order valence-corrected chi connectivity index (χ3v) is 5.65. The van der Waals surface area contributed by atoms with E-state index in [1.807, 2.05) is 19.2 Å². The summed E-state index contributed by atoms with van der Waals surface area (Å²) >= 11 is 7.47. The standard InChI is InChI=1S/C20H22ClF2N3OS.C2H4O/c1-26(25-20(28-2)15-10-14(22)4-5-17(15)23)19-12(7-8-24)11-27-18-6-3-13(21)9-16(18)19;1-2-3/h3-6,9-10,12,19H,7-8,11,24H2,1-2H3;2H,1H3/b25-20-;. The molecule has 2 aromatic rings. The van der Waals surface area contributed by atoms with Crippen LogP contribution in [-0.2, 0) is 4.79 Å². The zero-order chi connectivity index (χ0) is 23.0. The Kier molecular flexibility index (Phi) is 9.74. The Morgan fingerprint density at radius 3 is 2.71 bits per heavy atom. The lowest BCUT2D eigenvalue weighted by atomic mass is 9.88. The zero-order valence-corrected chi connectivity index (χ0v) is 19.2. The number of thioether (sulfide) groups is 1. The first-order chi connectivity index (χ1) is 14.9. The summed E-state index contributed by atoms with van der Waals surface area (Å²) in [5.41, 5.74) is 6.83. The lowest BCUT2D eigenvalue weighted by molar-refractivity contribution is -0.106. The number of nitrogens with two attached hydrogens (primary N) is 1. The van der Waals surface area contributed by atoms with Crippen molar-refractivity contribution in [1.82, 2.24) is 5.01 Å². The van der Waals surface area contributed by atoms with Crippen molar-refractivity contribution in [1.29, 1.82) is 0 Å². The molecule has 5 nitrogen and oxygen atoms in total. The highest BCUT2D eigenvalue weighted by atomic mass is 35.5. The van der Waals surface area contributed by atoms with Gasteiger partial charge in [-0.05, 0) is 62.5 Å². The minimum atomic E-state index is -0.517. The number of nitrogens with zero attached hydrogens (tertiary/aromatic N) is 2. The van der Waals surface area contributed by atoms with Crippen molar-refractivity contribution >= 4 is 34.7 Å². The second-order valence-corrected chi connectivity index (χ2v) is 8.05. The van der Waals surface area contributed by atoms with E-state index in [1.165, 1.54) is 18.7 Å². The molecule has 3 rings (SSSR count). The summed E-state index contributed by atoms with van der Waals surface area (Å²) in [6.07, 6.45) is 3.27. The number of hydrazone groups is 1. The molecule has 0 bridgehead atoms. The van der Waals surface area contributed by atoms with Crippen molar-refractivity contribution in [2.45, 2.75) is 19.4 Å². The van der Waals surface area contributed by atoms with Crippen LogP contribution >= 0.6 is 23.4 Å². The minimum absolute atomic E-state index is 0.0881. The summed E-state index contributed by atoms with van der Waals surface area (Å²) in [6, 6.07) is 8.68. The Hall–Kier alpha value is -2.16. The van der Waals surface area contributed by atoms with E-state index in [4.69, 9.17) is 26.9 Å². The van der Waals surface area contributed by atoms with Crippen molar-refractivity contribution in [2.75, 3.05) is 26.5 Å². The molecular formula is C22H26ClF2N3O2S. The molecule has 31 heavy (non-hydrogen) atoms. The Balaban J connectivity index is 0.00000107. The van der Waals surface area contributed by atoms with Crippen LogP contribution in [0.4, 0.5) is 8.78 Å². The number of carbonyl (C=O) groups is 1. The number of benzene rings is 2. The first-order valence-electron chi connectivity index (χ1n) is 9.69. The van der Waals surface area contributed by atoms with E-state index < -0.39 is 11.6 Å². The Bertz CT molecular complexity index is 930. The molecule has 2 N–H and O–H groups in total. The normalized spacial score (nSPS) is 17.7. The van der Waals surface area contributed by atoms with Gasteiger partial charge < -0.3 is 15.3 Å². The van der Waals surface area contributed by atoms with Crippen LogP contribution in [0.25, 0.3) is 0 Å². The molecule has 2 atom stereocenters. The monoisotopic (exact) mass is 469 g/mol. The van der Waals surface area contributed by atoms with E-state index in [9.17, 15) is 8.78 Å².